The smallest absolute Gasteiger partial charge is 0.462 e. The number of unbranched alkanes of at least 4 members (excludes halogenated alkanes) is 12. The van der Waals surface area contributed by atoms with Crippen LogP contribution >= 0.6 is 7.82 Å². The molecule has 0 spiro atoms. The third-order valence-electron chi connectivity index (χ3n) is 10.2. The predicted molar refractivity (Wildman–Crippen MR) is 234 cm³/mol. The van der Waals surface area contributed by atoms with E-state index in [1.807, 2.05) is 19.1 Å². The third kappa shape index (κ3) is 26.9. The Labute approximate surface area is 368 Å². The van der Waals surface area contributed by atoms with Crippen molar-refractivity contribution in [2.45, 2.75) is 197 Å². The fourth-order valence-corrected chi connectivity index (χ4v) is 7.42. The third-order valence-corrected chi connectivity index (χ3v) is 11.2. The Hall–Kier alpha value is -2.57. The van der Waals surface area contributed by atoms with Gasteiger partial charge in [-0.05, 0) is 32.1 Å². The minimum absolute atomic E-state index is 0.0228. The van der Waals surface area contributed by atoms with E-state index in [-0.39, 0.29) is 25.7 Å². The Morgan fingerprint density at radius 3 is 1.68 bits per heavy atom. The molecule has 3 unspecified atom stereocenters. The van der Waals surface area contributed by atoms with Crippen LogP contribution in [-0.4, -0.2) is 132 Å². The Balaban J connectivity index is 2.63. The molecule has 1 rings (SSSR count). The van der Waals surface area contributed by atoms with Gasteiger partial charge in [0.15, 0.2) is 6.10 Å². The van der Waals surface area contributed by atoms with Crippen LogP contribution in [0.4, 0.5) is 0 Å². The molecule has 1 aliphatic carbocycles. The van der Waals surface area contributed by atoms with Crippen LogP contribution in [0, 0.1) is 0 Å². The second-order valence-electron chi connectivity index (χ2n) is 15.7. The highest BCUT2D eigenvalue weighted by molar-refractivity contribution is 7.47. The molecule has 0 aromatic heterocycles. The summed E-state index contributed by atoms with van der Waals surface area (Å²) in [5.41, 5.74) is 0. The molecule has 0 aromatic rings. The monoisotopic (exact) mass is 904 g/mol. The Kier molecular flexibility index (Phi) is 32.2. The highest BCUT2D eigenvalue weighted by atomic mass is 31.2. The van der Waals surface area contributed by atoms with Crippen molar-refractivity contribution in [2.24, 2.45) is 0 Å². The minimum Gasteiger partial charge on any atom is -0.462 e. The van der Waals surface area contributed by atoms with Gasteiger partial charge in [0, 0.05) is 12.8 Å². The van der Waals surface area contributed by atoms with Crippen molar-refractivity contribution in [3.63, 3.8) is 0 Å². The summed E-state index contributed by atoms with van der Waals surface area (Å²) < 4.78 is 33.2. The number of hydrogen-bond acceptors (Lipinski definition) is 15. The van der Waals surface area contributed by atoms with Crippen LogP contribution in [0.2, 0.25) is 0 Å². The summed E-state index contributed by atoms with van der Waals surface area (Å²) in [4.78, 5) is 35.7. The highest BCUT2D eigenvalue weighted by Crippen LogP contribution is 2.47. The summed E-state index contributed by atoms with van der Waals surface area (Å²) in [5.74, 6) is -1.43. The number of carbonyl (C=O) groups excluding carboxylic acids is 2. The molecule has 0 heterocycles. The van der Waals surface area contributed by atoms with Crippen molar-refractivity contribution in [1.29, 1.82) is 0 Å². The van der Waals surface area contributed by atoms with Gasteiger partial charge in [-0.3, -0.25) is 18.6 Å². The molecule has 11 atom stereocenters. The molecule has 16 nitrogen and oxygen atoms in total. The molecule has 358 valence electrons. The van der Waals surface area contributed by atoms with Gasteiger partial charge in [-0.2, -0.15) is 0 Å². The lowest BCUT2D eigenvalue weighted by molar-refractivity contribution is -0.220. The maximum atomic E-state index is 12.8. The van der Waals surface area contributed by atoms with E-state index in [0.717, 1.165) is 32.1 Å². The minimum atomic E-state index is -5.20. The maximum Gasteiger partial charge on any atom is 0.472 e. The first kappa shape index (κ1) is 57.4. The molecule has 1 fully saturated rings. The number of ether oxygens (including phenoxy) is 2. The van der Waals surface area contributed by atoms with Crippen LogP contribution in [0.25, 0.3) is 0 Å². The van der Waals surface area contributed by atoms with E-state index in [0.29, 0.717) is 12.8 Å². The van der Waals surface area contributed by atoms with Gasteiger partial charge in [-0.1, -0.05) is 152 Å². The summed E-state index contributed by atoms with van der Waals surface area (Å²) in [6.45, 7) is 2.79. The molecule has 0 bridgehead atoms. The summed E-state index contributed by atoms with van der Waals surface area (Å²) >= 11 is 0. The van der Waals surface area contributed by atoms with Gasteiger partial charge in [-0.25, -0.2) is 4.57 Å². The molecule has 0 radical (unpaired) electrons. The topological polar surface area (TPSA) is 270 Å². The molecular formula is C45H77O16P. The first-order valence-electron chi connectivity index (χ1n) is 22.4. The van der Waals surface area contributed by atoms with Crippen molar-refractivity contribution in [2.75, 3.05) is 13.2 Å². The Morgan fingerprint density at radius 1 is 0.613 bits per heavy atom. The molecule has 0 aliphatic heterocycles. The van der Waals surface area contributed by atoms with Crippen molar-refractivity contribution in [3.8, 4) is 0 Å². The number of phosphoric acid groups is 1. The summed E-state index contributed by atoms with van der Waals surface area (Å²) in [7, 11) is -5.20. The predicted octanol–water partition coefficient (Wildman–Crippen LogP) is 5.08. The number of hydrogen-bond donors (Lipinski definition) is 9. The van der Waals surface area contributed by atoms with Crippen molar-refractivity contribution in [1.82, 2.24) is 0 Å². The molecule has 62 heavy (non-hydrogen) atoms. The van der Waals surface area contributed by atoms with Gasteiger partial charge in [0.2, 0.25) is 0 Å². The quantitative estimate of drug-likeness (QED) is 0.0132. The molecular weight excluding hydrogens is 827 g/mol. The first-order chi connectivity index (χ1) is 29.6. The van der Waals surface area contributed by atoms with Gasteiger partial charge in [0.05, 0.1) is 24.9 Å². The van der Waals surface area contributed by atoms with E-state index in [1.54, 1.807) is 42.5 Å². The molecule has 9 N–H and O–H groups in total. The highest BCUT2D eigenvalue weighted by Gasteiger charge is 2.51. The van der Waals surface area contributed by atoms with E-state index in [9.17, 15) is 59.9 Å². The second kappa shape index (κ2) is 34.8. The number of esters is 2. The van der Waals surface area contributed by atoms with Crippen molar-refractivity contribution in [3.05, 3.63) is 60.8 Å². The summed E-state index contributed by atoms with van der Waals surface area (Å²) in [6, 6.07) is 0. The molecule has 0 saturated heterocycles. The van der Waals surface area contributed by atoms with Gasteiger partial charge in [0.1, 0.15) is 43.2 Å². The number of carbonyl (C=O) groups is 2. The zero-order chi connectivity index (χ0) is 46.2. The molecule has 0 aromatic carbocycles. The zero-order valence-corrected chi connectivity index (χ0v) is 37.6. The fraction of sp³-hybridized carbons (Fsp3) is 0.733. The molecule has 1 saturated carbocycles. The fourth-order valence-electron chi connectivity index (χ4n) is 6.45. The van der Waals surface area contributed by atoms with Crippen LogP contribution in [0.1, 0.15) is 136 Å². The zero-order valence-electron chi connectivity index (χ0n) is 36.7. The molecule has 0 amide bonds. The average Bonchev–Trinajstić information content (AvgIpc) is 3.24. The van der Waals surface area contributed by atoms with Gasteiger partial charge < -0.3 is 55.2 Å². The van der Waals surface area contributed by atoms with Crippen molar-refractivity contribution < 1.29 is 78.4 Å². The van der Waals surface area contributed by atoms with E-state index < -0.39 is 94.0 Å². The van der Waals surface area contributed by atoms with Gasteiger partial charge in [-0.15, -0.1) is 0 Å². The largest absolute Gasteiger partial charge is 0.472 e. The molecule has 1 aliphatic rings. The maximum absolute atomic E-state index is 12.8. The van der Waals surface area contributed by atoms with Crippen LogP contribution in [0.3, 0.4) is 0 Å². The van der Waals surface area contributed by atoms with E-state index in [2.05, 4.69) is 6.92 Å². The number of allylic oxidation sites excluding steroid dienone is 7. The first-order valence-corrected chi connectivity index (χ1v) is 23.9. The number of aliphatic hydroxyl groups excluding tert-OH is 8. The van der Waals surface area contributed by atoms with Crippen LogP contribution in [-0.2, 0) is 32.7 Å². The summed E-state index contributed by atoms with van der Waals surface area (Å²) in [6.07, 6.45) is 16.3. The lowest BCUT2D eigenvalue weighted by Gasteiger charge is -2.41. The summed E-state index contributed by atoms with van der Waals surface area (Å²) in [5, 5.41) is 80.5. The van der Waals surface area contributed by atoms with E-state index in [1.165, 1.54) is 57.4 Å². The van der Waals surface area contributed by atoms with E-state index >= 15 is 0 Å². The lowest BCUT2D eigenvalue weighted by Crippen LogP contribution is -2.64. The van der Waals surface area contributed by atoms with Crippen LogP contribution in [0.5, 0.6) is 0 Å². The molecule has 17 heteroatoms. The Morgan fingerprint density at radius 2 is 1.11 bits per heavy atom. The second-order valence-corrected chi connectivity index (χ2v) is 17.2. The standard InChI is InChI=1S/C45H77O16P/c1-3-5-7-8-9-10-11-12-13-14-15-20-24-30-39(50)60-35(33-59-62(56,57)61-45-43(54)41(52)40(51)42(53)44(45)55)32-58-38(49)31-25-29-37(48)36(47)28-23-19-17-16-18-22-27-34(46)26-21-6-4-2/h6,16-19,21-23,27-28,34-37,40-48,51-55H,3-5,7-15,20,24-26,29-33H2,1-2H3,(H,56,57)/b18-16+,19-17-,21-6-,27-22+,28-23-/t34-,35-,36+,37+,40?,41-,42+,43-,44-,45?/m1/s1. The number of rotatable bonds is 35. The number of aliphatic hydroxyl groups is 8. The normalized spacial score (nSPS) is 24.0. The SMILES string of the molecule is CC/C=C\C[C@@H](O)/C=C/C=C/C=C\C=C/[C@H](O)[C@@H](O)CCCC(=O)OC[C@H](COP(=O)(O)OC1[C@H](O)[C@H](O)C(O)[C@H](O)[C@H]1O)OC(=O)CCCCCCCCCCCCCCC. The van der Waals surface area contributed by atoms with Crippen molar-refractivity contribution >= 4 is 19.8 Å². The van der Waals surface area contributed by atoms with Gasteiger partial charge in [0.25, 0.3) is 0 Å². The van der Waals surface area contributed by atoms with Crippen LogP contribution < -0.4 is 0 Å². The van der Waals surface area contributed by atoms with Gasteiger partial charge >= 0.3 is 19.8 Å². The number of phosphoric ester groups is 1. The average molecular weight is 905 g/mol. The van der Waals surface area contributed by atoms with Crippen LogP contribution in [0.15, 0.2) is 60.8 Å². The van der Waals surface area contributed by atoms with E-state index in [4.69, 9.17) is 18.5 Å². The Bertz CT molecular complexity index is 1370. The lowest BCUT2D eigenvalue weighted by atomic mass is 9.85.